The second-order valence-electron chi connectivity index (χ2n) is 10.5. The summed E-state index contributed by atoms with van der Waals surface area (Å²) in [6.45, 7) is 6.61. The molecule has 4 N–H and O–H groups in total. The van der Waals surface area contributed by atoms with Gasteiger partial charge in [0, 0.05) is 19.1 Å². The summed E-state index contributed by atoms with van der Waals surface area (Å²) in [5.74, 6) is -0.227. The molecule has 13 heteroatoms. The molecule has 2 aromatic carbocycles. The van der Waals surface area contributed by atoms with Crippen molar-refractivity contribution in [3.05, 3.63) is 47.0 Å². The molecule has 0 saturated carbocycles. The lowest BCUT2D eigenvalue weighted by Gasteiger charge is -2.35. The summed E-state index contributed by atoms with van der Waals surface area (Å²) in [7, 11) is 4.31. The van der Waals surface area contributed by atoms with Crippen molar-refractivity contribution in [1.29, 1.82) is 0 Å². The Morgan fingerprint density at radius 1 is 1.02 bits per heavy atom. The Morgan fingerprint density at radius 2 is 1.72 bits per heavy atom. The fraction of sp³-hybridized carbons (Fsp3) is 0.533. The van der Waals surface area contributed by atoms with Crippen LogP contribution in [0.5, 0.6) is 23.0 Å². The highest BCUT2D eigenvalue weighted by Gasteiger charge is 2.36. The number of ether oxygens (including phenoxy) is 7. The molecule has 0 aromatic heterocycles. The predicted octanol–water partition coefficient (Wildman–Crippen LogP) is 2.47. The first-order valence-electron chi connectivity index (χ1n) is 13.4. The molecule has 1 heterocycles. The number of aromatic carboxylic acids is 1. The molecule has 1 aliphatic heterocycles. The van der Waals surface area contributed by atoms with Gasteiger partial charge in [-0.25, -0.2) is 9.59 Å². The van der Waals surface area contributed by atoms with Gasteiger partial charge in [-0.3, -0.25) is 0 Å². The highest BCUT2D eigenvalue weighted by molar-refractivity contribution is 5.91. The van der Waals surface area contributed by atoms with Crippen LogP contribution in [0.3, 0.4) is 0 Å². The number of carboxylic acid groups (broad SMARTS) is 1. The topological polar surface area (TPSA) is 180 Å². The number of carbonyl (C=O) groups is 2. The molecule has 0 aliphatic carbocycles. The van der Waals surface area contributed by atoms with Gasteiger partial charge in [0.05, 0.1) is 32.5 Å². The van der Waals surface area contributed by atoms with Crippen molar-refractivity contribution in [2.45, 2.75) is 70.9 Å². The Labute approximate surface area is 250 Å². The molecule has 1 aliphatic rings. The van der Waals surface area contributed by atoms with Crippen LogP contribution in [0, 0.1) is 6.92 Å². The molecule has 240 valence electrons. The molecule has 1 fully saturated rings. The van der Waals surface area contributed by atoms with Gasteiger partial charge in [0.1, 0.15) is 30.2 Å². The van der Waals surface area contributed by atoms with E-state index in [1.807, 2.05) is 6.07 Å². The highest BCUT2D eigenvalue weighted by Crippen LogP contribution is 2.42. The van der Waals surface area contributed by atoms with Crippen LogP contribution >= 0.6 is 0 Å². The van der Waals surface area contributed by atoms with Crippen LogP contribution in [0.2, 0.25) is 0 Å². The van der Waals surface area contributed by atoms with Crippen LogP contribution < -0.4 is 18.9 Å². The zero-order chi connectivity index (χ0) is 32.3. The van der Waals surface area contributed by atoms with E-state index in [4.69, 9.17) is 38.3 Å². The highest BCUT2D eigenvalue weighted by atomic mass is 16.7. The smallest absolute Gasteiger partial charge is 0.344 e. The summed E-state index contributed by atoms with van der Waals surface area (Å²) in [6, 6.07) is 8.46. The standard InChI is InChI=1S/C23H28O8.C7H14O5/c1-14-17(22(25)26)11-18(27-5)21(20(14)28-6)30-12-15-8-7-9-16(10-15)29-13-19(24)31-23(2,3)4;1-11-6-2-4(9)7(10)5(3-8)12-6/h7-11H,12-13H2,1-6H3,(H,25,26);4-10H,2-3H2,1H3/t;4-,5-,6+,7+/m.1/s1. The number of carbonyl (C=O) groups excluding carboxylic acids is 1. The molecule has 3 rings (SSSR count). The molecule has 0 unspecified atom stereocenters. The van der Waals surface area contributed by atoms with Gasteiger partial charge < -0.3 is 53.6 Å². The van der Waals surface area contributed by atoms with Crippen molar-refractivity contribution < 1.29 is 63.2 Å². The summed E-state index contributed by atoms with van der Waals surface area (Å²) in [4.78, 5) is 23.3. The van der Waals surface area contributed by atoms with Crippen LogP contribution in [0.4, 0.5) is 0 Å². The van der Waals surface area contributed by atoms with Gasteiger partial charge in [-0.1, -0.05) is 12.1 Å². The minimum Gasteiger partial charge on any atom is -0.493 e. The van der Waals surface area contributed by atoms with Crippen LogP contribution in [0.15, 0.2) is 30.3 Å². The van der Waals surface area contributed by atoms with E-state index in [2.05, 4.69) is 0 Å². The minimum absolute atomic E-state index is 0.0681. The first-order valence-corrected chi connectivity index (χ1v) is 13.4. The Kier molecular flexibility index (Phi) is 13.5. The van der Waals surface area contributed by atoms with Gasteiger partial charge in [0.15, 0.2) is 24.4 Å². The lowest BCUT2D eigenvalue weighted by atomic mass is 10.0. The van der Waals surface area contributed by atoms with Crippen molar-refractivity contribution in [1.82, 2.24) is 0 Å². The number of esters is 1. The largest absolute Gasteiger partial charge is 0.493 e. The fourth-order valence-corrected chi connectivity index (χ4v) is 4.08. The van der Waals surface area contributed by atoms with Gasteiger partial charge in [-0.05, 0) is 51.5 Å². The van der Waals surface area contributed by atoms with E-state index in [1.54, 1.807) is 45.9 Å². The van der Waals surface area contributed by atoms with Crippen LogP contribution in [-0.2, 0) is 25.6 Å². The Morgan fingerprint density at radius 3 is 2.28 bits per heavy atom. The van der Waals surface area contributed by atoms with Crippen molar-refractivity contribution >= 4 is 11.9 Å². The summed E-state index contributed by atoms with van der Waals surface area (Å²) >= 11 is 0. The van der Waals surface area contributed by atoms with E-state index < -0.39 is 42.1 Å². The van der Waals surface area contributed by atoms with Gasteiger partial charge >= 0.3 is 11.9 Å². The van der Waals surface area contributed by atoms with Gasteiger partial charge in [-0.2, -0.15) is 0 Å². The molecule has 0 spiro atoms. The SMILES string of the molecule is CO[C@@H]1C[C@@H](O)[C@H](O)[C@@H](CO)O1.COc1cc(C(=O)O)c(C)c(OC)c1OCc1cccc(OCC(=O)OC(C)(C)C)c1. The molecule has 0 radical (unpaired) electrons. The third-order valence-electron chi connectivity index (χ3n) is 6.14. The van der Waals surface area contributed by atoms with Crippen LogP contribution in [0.1, 0.15) is 48.7 Å². The van der Waals surface area contributed by atoms with Gasteiger partial charge in [0.25, 0.3) is 0 Å². The van der Waals surface area contributed by atoms with Gasteiger partial charge in [-0.15, -0.1) is 0 Å². The average Bonchev–Trinajstić information content (AvgIpc) is 2.95. The molecular weight excluding hydrogens is 568 g/mol. The molecule has 13 nitrogen and oxygen atoms in total. The van der Waals surface area contributed by atoms with Gasteiger partial charge in [0.2, 0.25) is 5.75 Å². The molecule has 0 amide bonds. The first-order chi connectivity index (χ1) is 20.2. The number of rotatable bonds is 11. The van der Waals surface area contributed by atoms with E-state index in [9.17, 15) is 24.9 Å². The molecule has 0 bridgehead atoms. The lowest BCUT2D eigenvalue weighted by molar-refractivity contribution is -0.248. The second-order valence-corrected chi connectivity index (χ2v) is 10.5. The third-order valence-corrected chi connectivity index (χ3v) is 6.14. The molecule has 43 heavy (non-hydrogen) atoms. The number of hydrogen-bond donors (Lipinski definition) is 4. The monoisotopic (exact) mass is 610 g/mol. The summed E-state index contributed by atoms with van der Waals surface area (Å²) in [5, 5.41) is 36.6. The molecule has 1 saturated heterocycles. The van der Waals surface area contributed by atoms with E-state index >= 15 is 0 Å². The van der Waals surface area contributed by atoms with E-state index in [0.29, 0.717) is 17.1 Å². The van der Waals surface area contributed by atoms with Crippen molar-refractivity contribution in [2.75, 3.05) is 34.5 Å². The first kappa shape index (κ1) is 35.6. The summed E-state index contributed by atoms with van der Waals surface area (Å²) in [5.41, 5.74) is 0.687. The third kappa shape index (κ3) is 10.6. The van der Waals surface area contributed by atoms with Crippen LogP contribution in [-0.4, -0.2) is 97.1 Å². The maximum Gasteiger partial charge on any atom is 0.344 e. The second kappa shape index (κ2) is 16.3. The van der Waals surface area contributed by atoms with Crippen molar-refractivity contribution in [2.24, 2.45) is 0 Å². The summed E-state index contributed by atoms with van der Waals surface area (Å²) < 4.78 is 37.3. The predicted molar refractivity (Wildman–Crippen MR) is 153 cm³/mol. The minimum atomic E-state index is -1.09. The Balaban J connectivity index is 0.000000448. The Bertz CT molecular complexity index is 1210. The molecule has 2 aromatic rings. The van der Waals surface area contributed by atoms with Crippen LogP contribution in [0.25, 0.3) is 0 Å². The van der Waals surface area contributed by atoms with Crippen molar-refractivity contribution in [3.8, 4) is 23.0 Å². The molecule has 4 atom stereocenters. The maximum atomic E-state index is 11.8. The number of aliphatic hydroxyl groups is 3. The van der Waals surface area contributed by atoms with Crippen molar-refractivity contribution in [3.63, 3.8) is 0 Å². The zero-order valence-corrected chi connectivity index (χ0v) is 25.5. The number of carboxylic acids is 1. The number of benzene rings is 2. The van der Waals surface area contributed by atoms with E-state index in [0.717, 1.165) is 5.56 Å². The van der Waals surface area contributed by atoms with E-state index in [1.165, 1.54) is 27.4 Å². The van der Waals surface area contributed by atoms with E-state index in [-0.39, 0.29) is 43.3 Å². The number of methoxy groups -OCH3 is 3. The Hall–Kier alpha value is -3.62. The quantitative estimate of drug-likeness (QED) is 0.273. The lowest BCUT2D eigenvalue weighted by Crippen LogP contribution is -2.50. The molecular formula is C30H42O13. The average molecular weight is 611 g/mol. The summed E-state index contributed by atoms with van der Waals surface area (Å²) in [6.07, 6.45) is -2.98. The number of hydrogen-bond acceptors (Lipinski definition) is 12. The normalized spacial score (nSPS) is 19.9. The number of aliphatic hydroxyl groups excluding tert-OH is 3. The zero-order valence-electron chi connectivity index (χ0n) is 25.5. The maximum absolute atomic E-state index is 11.8. The fourth-order valence-electron chi connectivity index (χ4n) is 4.08.